The molecule has 0 amide bonds. The van der Waals surface area contributed by atoms with Crippen molar-refractivity contribution in [3.63, 3.8) is 0 Å². The second-order valence-electron chi connectivity index (χ2n) is 4.45. The number of thiophene rings is 1. The fraction of sp³-hybridized carbons (Fsp3) is 0.583. The van der Waals surface area contributed by atoms with Crippen molar-refractivity contribution < 1.29 is 9.90 Å². The summed E-state index contributed by atoms with van der Waals surface area (Å²) in [5, 5.41) is 14.5. The maximum absolute atomic E-state index is 11.1. The van der Waals surface area contributed by atoms with Crippen LogP contribution in [0.25, 0.3) is 0 Å². The van der Waals surface area contributed by atoms with Gasteiger partial charge < -0.3 is 10.4 Å². The number of hydrogen-bond acceptors (Lipinski definition) is 3. The second-order valence-corrected chi connectivity index (χ2v) is 5.48. The molecule has 0 aliphatic heterocycles. The average molecular weight is 239 g/mol. The lowest BCUT2D eigenvalue weighted by Crippen LogP contribution is -2.46. The third-order valence-electron chi connectivity index (χ3n) is 3.36. The van der Waals surface area contributed by atoms with Gasteiger partial charge in [-0.2, -0.15) is 0 Å². The summed E-state index contributed by atoms with van der Waals surface area (Å²) in [4.78, 5) is 12.4. The van der Waals surface area contributed by atoms with E-state index in [9.17, 15) is 4.79 Å². The highest BCUT2D eigenvalue weighted by atomic mass is 32.1. The summed E-state index contributed by atoms with van der Waals surface area (Å²) in [6.07, 6.45) is 3.70. The molecule has 0 radical (unpaired) electrons. The Morgan fingerprint density at radius 3 is 2.88 bits per heavy atom. The zero-order valence-corrected chi connectivity index (χ0v) is 10.1. The van der Waals surface area contributed by atoms with Gasteiger partial charge in [0, 0.05) is 11.4 Å². The summed E-state index contributed by atoms with van der Waals surface area (Å²) in [7, 11) is 0. The molecule has 0 spiro atoms. The maximum Gasteiger partial charge on any atom is 0.310 e. The normalized spacial score (nSPS) is 18.0. The van der Waals surface area contributed by atoms with Crippen LogP contribution >= 0.6 is 11.3 Å². The number of carboxylic acids is 1. The molecule has 1 saturated carbocycles. The summed E-state index contributed by atoms with van der Waals surface area (Å²) >= 11 is 1.75. The topological polar surface area (TPSA) is 49.3 Å². The maximum atomic E-state index is 11.1. The Bertz CT molecular complexity index is 344. The van der Waals surface area contributed by atoms with Crippen molar-refractivity contribution in [2.75, 3.05) is 13.1 Å². The van der Waals surface area contributed by atoms with Gasteiger partial charge in [-0.1, -0.05) is 12.5 Å². The minimum absolute atomic E-state index is 0.463. The van der Waals surface area contributed by atoms with Gasteiger partial charge in [0.2, 0.25) is 0 Å². The standard InChI is InChI=1S/C12H17NO2S/c14-11(15)12(5-2-6-12)9-13-7-4-10-3-1-8-16-10/h1,3,8,13H,2,4-7,9H2,(H,14,15). The minimum atomic E-state index is -0.637. The molecule has 1 aliphatic carbocycles. The Labute approximate surface area is 99.5 Å². The summed E-state index contributed by atoms with van der Waals surface area (Å²) in [6.45, 7) is 1.49. The van der Waals surface area contributed by atoms with Gasteiger partial charge in [-0.05, 0) is 37.3 Å². The molecule has 2 rings (SSSR count). The highest BCUT2D eigenvalue weighted by molar-refractivity contribution is 7.09. The number of hydrogen-bond donors (Lipinski definition) is 2. The van der Waals surface area contributed by atoms with Crippen molar-refractivity contribution in [2.45, 2.75) is 25.7 Å². The molecule has 1 heterocycles. The predicted octanol–water partition coefficient (Wildman–Crippen LogP) is 2.14. The zero-order chi connectivity index (χ0) is 11.4. The molecule has 1 aromatic rings. The Morgan fingerprint density at radius 1 is 1.56 bits per heavy atom. The minimum Gasteiger partial charge on any atom is -0.481 e. The van der Waals surface area contributed by atoms with E-state index < -0.39 is 11.4 Å². The van der Waals surface area contributed by atoms with E-state index in [1.165, 1.54) is 4.88 Å². The van der Waals surface area contributed by atoms with Gasteiger partial charge in [0.05, 0.1) is 5.41 Å². The Morgan fingerprint density at radius 2 is 2.38 bits per heavy atom. The van der Waals surface area contributed by atoms with E-state index in [-0.39, 0.29) is 0 Å². The molecule has 0 atom stereocenters. The zero-order valence-electron chi connectivity index (χ0n) is 9.24. The Hall–Kier alpha value is -0.870. The van der Waals surface area contributed by atoms with Crippen LogP contribution in [0.5, 0.6) is 0 Å². The third-order valence-corrected chi connectivity index (χ3v) is 4.29. The number of aliphatic carboxylic acids is 1. The van der Waals surface area contributed by atoms with Crippen molar-refractivity contribution in [1.82, 2.24) is 5.32 Å². The highest BCUT2D eigenvalue weighted by Crippen LogP contribution is 2.40. The molecule has 0 bridgehead atoms. The van der Waals surface area contributed by atoms with E-state index >= 15 is 0 Å². The first-order chi connectivity index (χ1) is 7.73. The van der Waals surface area contributed by atoms with E-state index in [1.807, 2.05) is 6.07 Å². The van der Waals surface area contributed by atoms with Crippen molar-refractivity contribution >= 4 is 17.3 Å². The SMILES string of the molecule is O=C(O)C1(CNCCc2cccs2)CCC1. The molecule has 4 heteroatoms. The Balaban J connectivity index is 1.69. The quantitative estimate of drug-likeness (QED) is 0.748. The molecule has 88 valence electrons. The molecule has 0 unspecified atom stereocenters. The first-order valence-corrected chi connectivity index (χ1v) is 6.57. The monoisotopic (exact) mass is 239 g/mol. The molecular formula is C12H17NO2S. The van der Waals surface area contributed by atoms with Crippen LogP contribution in [0.1, 0.15) is 24.1 Å². The van der Waals surface area contributed by atoms with E-state index in [0.29, 0.717) is 6.54 Å². The van der Waals surface area contributed by atoms with Crippen LogP contribution < -0.4 is 5.32 Å². The van der Waals surface area contributed by atoms with Crippen molar-refractivity contribution in [3.05, 3.63) is 22.4 Å². The predicted molar refractivity (Wildman–Crippen MR) is 64.8 cm³/mol. The molecule has 2 N–H and O–H groups in total. The van der Waals surface area contributed by atoms with Crippen LogP contribution in [0.15, 0.2) is 17.5 Å². The van der Waals surface area contributed by atoms with Gasteiger partial charge in [0.1, 0.15) is 0 Å². The van der Waals surface area contributed by atoms with Crippen molar-refractivity contribution in [2.24, 2.45) is 5.41 Å². The lowest BCUT2D eigenvalue weighted by atomic mass is 9.69. The van der Waals surface area contributed by atoms with E-state index in [1.54, 1.807) is 11.3 Å². The van der Waals surface area contributed by atoms with Crippen LogP contribution in [0, 0.1) is 5.41 Å². The lowest BCUT2D eigenvalue weighted by molar-refractivity contribution is -0.154. The second kappa shape index (κ2) is 4.97. The molecule has 1 aliphatic rings. The largest absolute Gasteiger partial charge is 0.481 e. The summed E-state index contributed by atoms with van der Waals surface area (Å²) in [5.74, 6) is -0.637. The van der Waals surface area contributed by atoms with Gasteiger partial charge in [0.15, 0.2) is 0 Å². The first kappa shape index (κ1) is 11.6. The fourth-order valence-electron chi connectivity index (χ4n) is 2.06. The fourth-order valence-corrected chi connectivity index (χ4v) is 2.77. The molecule has 0 aromatic carbocycles. The third kappa shape index (κ3) is 2.44. The number of carbonyl (C=O) groups is 1. The molecule has 16 heavy (non-hydrogen) atoms. The van der Waals surface area contributed by atoms with Crippen LogP contribution in [-0.2, 0) is 11.2 Å². The molecule has 1 fully saturated rings. The smallest absolute Gasteiger partial charge is 0.310 e. The molecule has 1 aromatic heterocycles. The van der Waals surface area contributed by atoms with Crippen LogP contribution in [-0.4, -0.2) is 24.2 Å². The molecule has 0 saturated heterocycles. The Kier molecular flexibility index (Phi) is 3.61. The van der Waals surface area contributed by atoms with Crippen molar-refractivity contribution in [3.8, 4) is 0 Å². The summed E-state index contributed by atoms with van der Waals surface area (Å²) in [5.41, 5.74) is -0.463. The number of carboxylic acid groups (broad SMARTS) is 1. The van der Waals surface area contributed by atoms with Gasteiger partial charge in [-0.3, -0.25) is 4.79 Å². The van der Waals surface area contributed by atoms with E-state index in [2.05, 4.69) is 16.8 Å². The van der Waals surface area contributed by atoms with Gasteiger partial charge in [-0.25, -0.2) is 0 Å². The van der Waals surface area contributed by atoms with Crippen LogP contribution in [0.2, 0.25) is 0 Å². The highest BCUT2D eigenvalue weighted by Gasteiger charge is 2.43. The molecule has 3 nitrogen and oxygen atoms in total. The van der Waals surface area contributed by atoms with Gasteiger partial charge >= 0.3 is 5.97 Å². The summed E-state index contributed by atoms with van der Waals surface area (Å²) in [6, 6.07) is 4.16. The lowest BCUT2D eigenvalue weighted by Gasteiger charge is -2.37. The first-order valence-electron chi connectivity index (χ1n) is 5.69. The summed E-state index contributed by atoms with van der Waals surface area (Å²) < 4.78 is 0. The van der Waals surface area contributed by atoms with Crippen molar-refractivity contribution in [1.29, 1.82) is 0 Å². The van der Waals surface area contributed by atoms with E-state index in [4.69, 9.17) is 5.11 Å². The number of nitrogens with one attached hydrogen (secondary N) is 1. The van der Waals surface area contributed by atoms with E-state index in [0.717, 1.165) is 32.2 Å². The number of rotatable bonds is 6. The average Bonchev–Trinajstić information content (AvgIpc) is 2.67. The molecular weight excluding hydrogens is 222 g/mol. The van der Waals surface area contributed by atoms with Gasteiger partial charge in [-0.15, -0.1) is 11.3 Å². The van der Waals surface area contributed by atoms with Crippen LogP contribution in [0.3, 0.4) is 0 Å². The van der Waals surface area contributed by atoms with Crippen LogP contribution in [0.4, 0.5) is 0 Å². The van der Waals surface area contributed by atoms with Gasteiger partial charge in [0.25, 0.3) is 0 Å².